The molecule has 0 unspecified atom stereocenters. The first-order valence-electron chi connectivity index (χ1n) is 7.03. The number of hydrogen-bond acceptors (Lipinski definition) is 3. The second kappa shape index (κ2) is 8.26. The number of aliphatic imine (C=N–C) groups is 1. The summed E-state index contributed by atoms with van der Waals surface area (Å²) in [5.74, 6) is 0.663. The van der Waals surface area contributed by atoms with Crippen LogP contribution in [-0.4, -0.2) is 18.7 Å². The first kappa shape index (κ1) is 17.7. The summed E-state index contributed by atoms with van der Waals surface area (Å²) in [6.07, 6.45) is 1.76. The van der Waals surface area contributed by atoms with Crippen molar-refractivity contribution in [2.75, 3.05) is 11.9 Å². The van der Waals surface area contributed by atoms with E-state index in [0.717, 1.165) is 31.6 Å². The molecule has 6 heteroatoms. The van der Waals surface area contributed by atoms with Gasteiger partial charge >= 0.3 is 0 Å². The van der Waals surface area contributed by atoms with Crippen LogP contribution in [-0.2, 0) is 4.79 Å². The monoisotopic (exact) mass is 438 g/mol. The molecule has 0 aliphatic heterocycles. The van der Waals surface area contributed by atoms with Gasteiger partial charge in [-0.25, -0.2) is 0 Å². The zero-order chi connectivity index (χ0) is 16.8. The summed E-state index contributed by atoms with van der Waals surface area (Å²) >= 11 is 6.97. The molecule has 1 N–H and O–H groups in total. The minimum absolute atomic E-state index is 0.0957. The fourth-order valence-electron chi connectivity index (χ4n) is 1.95. The molecule has 2 rings (SSSR count). The number of rotatable bonds is 5. The zero-order valence-corrected chi connectivity index (χ0v) is 15.9. The molecule has 0 aliphatic rings. The Labute approximate surface area is 152 Å². The minimum Gasteiger partial charge on any atom is -0.492 e. The Kier molecular flexibility index (Phi) is 6.36. The third-order valence-electron chi connectivity index (χ3n) is 2.87. The second-order valence-corrected chi connectivity index (χ2v) is 6.50. The Morgan fingerprint density at radius 2 is 1.96 bits per heavy atom. The molecular weight excluding hydrogens is 424 g/mol. The fraction of sp³-hybridized carbons (Fsp3) is 0.176. The Hall–Kier alpha value is -1.66. The van der Waals surface area contributed by atoms with Gasteiger partial charge < -0.3 is 10.1 Å². The lowest BCUT2D eigenvalue weighted by atomic mass is 10.2. The maximum atomic E-state index is 11.0. The first-order chi connectivity index (χ1) is 11.0. The summed E-state index contributed by atoms with van der Waals surface area (Å²) in [5.41, 5.74) is 2.41. The molecule has 0 saturated heterocycles. The Morgan fingerprint density at radius 3 is 2.57 bits per heavy atom. The largest absolute Gasteiger partial charge is 0.492 e. The van der Waals surface area contributed by atoms with Crippen LogP contribution >= 0.6 is 31.9 Å². The molecule has 0 aromatic heterocycles. The van der Waals surface area contributed by atoms with Crippen molar-refractivity contribution in [3.8, 4) is 5.75 Å². The zero-order valence-electron chi connectivity index (χ0n) is 12.8. The molecular formula is C17H16Br2N2O2. The molecule has 0 spiro atoms. The average molecular weight is 440 g/mol. The third-order valence-corrected chi connectivity index (χ3v) is 3.91. The van der Waals surface area contributed by atoms with E-state index in [4.69, 9.17) is 4.74 Å². The number of hydrogen-bond donors (Lipinski definition) is 1. The number of carbonyl (C=O) groups excluding carboxylic acids is 1. The normalized spacial score (nSPS) is 10.8. The van der Waals surface area contributed by atoms with Crippen LogP contribution in [0.2, 0.25) is 0 Å². The number of anilines is 1. The highest BCUT2D eigenvalue weighted by atomic mass is 79.9. The van der Waals surface area contributed by atoms with Gasteiger partial charge in [-0.15, -0.1) is 0 Å². The first-order valence-corrected chi connectivity index (χ1v) is 8.61. The van der Waals surface area contributed by atoms with Crippen molar-refractivity contribution in [3.63, 3.8) is 0 Å². The van der Waals surface area contributed by atoms with Gasteiger partial charge in [-0.2, -0.15) is 0 Å². The fourth-order valence-corrected chi connectivity index (χ4v) is 3.32. The molecule has 0 aliphatic carbocycles. The molecule has 2 aromatic rings. The number of ether oxygens (including phenoxy) is 1. The highest BCUT2D eigenvalue weighted by Crippen LogP contribution is 2.32. The second-order valence-electron chi connectivity index (χ2n) is 4.73. The van der Waals surface area contributed by atoms with Gasteiger partial charge in [-0.05, 0) is 59.3 Å². The predicted octanol–water partition coefficient (Wildman–Crippen LogP) is 5.32. The van der Waals surface area contributed by atoms with Crippen LogP contribution in [0.15, 0.2) is 50.3 Å². The van der Waals surface area contributed by atoms with Crippen molar-refractivity contribution in [3.05, 3.63) is 50.9 Å². The quantitative estimate of drug-likeness (QED) is 0.641. The molecule has 1 amide bonds. The lowest BCUT2D eigenvalue weighted by Gasteiger charge is -2.10. The summed E-state index contributed by atoms with van der Waals surface area (Å²) in [7, 11) is 0. The standard InChI is InChI=1S/C17H16Br2N2O2/c1-3-23-17-12(8-13(18)9-16(17)19)10-20-14-4-6-15(7-5-14)21-11(2)22/h4-10H,3H2,1-2H3,(H,21,22). The van der Waals surface area contributed by atoms with E-state index < -0.39 is 0 Å². The van der Waals surface area contributed by atoms with Crippen LogP contribution in [0, 0.1) is 0 Å². The van der Waals surface area contributed by atoms with Crippen LogP contribution in [0.3, 0.4) is 0 Å². The highest BCUT2D eigenvalue weighted by molar-refractivity contribution is 9.11. The van der Waals surface area contributed by atoms with Gasteiger partial charge in [0.2, 0.25) is 5.91 Å². The lowest BCUT2D eigenvalue weighted by Crippen LogP contribution is -2.04. The van der Waals surface area contributed by atoms with E-state index in [-0.39, 0.29) is 5.91 Å². The van der Waals surface area contributed by atoms with Crippen molar-refractivity contribution < 1.29 is 9.53 Å². The molecule has 0 radical (unpaired) electrons. The summed E-state index contributed by atoms with van der Waals surface area (Å²) in [5, 5.41) is 2.72. The van der Waals surface area contributed by atoms with Crippen molar-refractivity contribution in [1.29, 1.82) is 0 Å². The van der Waals surface area contributed by atoms with Crippen LogP contribution < -0.4 is 10.1 Å². The van der Waals surface area contributed by atoms with Crippen LogP contribution in [0.5, 0.6) is 5.75 Å². The number of nitrogens with one attached hydrogen (secondary N) is 1. The van der Waals surface area contributed by atoms with E-state index in [9.17, 15) is 4.79 Å². The Morgan fingerprint density at radius 1 is 1.26 bits per heavy atom. The van der Waals surface area contributed by atoms with Gasteiger partial charge in [-0.3, -0.25) is 9.79 Å². The topological polar surface area (TPSA) is 50.7 Å². The van der Waals surface area contributed by atoms with Crippen molar-refractivity contribution in [2.24, 2.45) is 4.99 Å². The maximum absolute atomic E-state index is 11.0. The maximum Gasteiger partial charge on any atom is 0.221 e. The molecule has 2 aromatic carbocycles. The van der Waals surface area contributed by atoms with Crippen LogP contribution in [0.25, 0.3) is 0 Å². The lowest BCUT2D eigenvalue weighted by molar-refractivity contribution is -0.114. The van der Waals surface area contributed by atoms with Crippen molar-refractivity contribution in [1.82, 2.24) is 0 Å². The number of amides is 1. The average Bonchev–Trinajstić information content (AvgIpc) is 2.49. The van der Waals surface area contributed by atoms with E-state index in [0.29, 0.717) is 6.61 Å². The summed E-state index contributed by atoms with van der Waals surface area (Å²) in [4.78, 5) is 15.5. The van der Waals surface area contributed by atoms with E-state index >= 15 is 0 Å². The molecule has 0 atom stereocenters. The smallest absolute Gasteiger partial charge is 0.221 e. The van der Waals surface area contributed by atoms with E-state index in [2.05, 4.69) is 42.2 Å². The van der Waals surface area contributed by atoms with Gasteiger partial charge in [-0.1, -0.05) is 15.9 Å². The predicted molar refractivity (Wildman–Crippen MR) is 101 cm³/mol. The molecule has 0 heterocycles. The summed E-state index contributed by atoms with van der Waals surface area (Å²) in [6.45, 7) is 4.00. The van der Waals surface area contributed by atoms with Gasteiger partial charge in [0.1, 0.15) is 5.75 Å². The number of carbonyl (C=O) groups is 1. The highest BCUT2D eigenvalue weighted by Gasteiger charge is 2.08. The van der Waals surface area contributed by atoms with E-state index in [1.54, 1.807) is 6.21 Å². The van der Waals surface area contributed by atoms with E-state index in [1.807, 2.05) is 43.3 Å². The van der Waals surface area contributed by atoms with Crippen LogP contribution in [0.4, 0.5) is 11.4 Å². The number of halogens is 2. The molecule has 23 heavy (non-hydrogen) atoms. The molecule has 0 saturated carbocycles. The Bertz CT molecular complexity index is 728. The summed E-state index contributed by atoms with van der Waals surface area (Å²) < 4.78 is 7.48. The molecule has 0 bridgehead atoms. The van der Waals surface area contributed by atoms with Gasteiger partial charge in [0.05, 0.1) is 16.8 Å². The third kappa shape index (κ3) is 5.18. The van der Waals surface area contributed by atoms with Crippen molar-refractivity contribution >= 4 is 55.4 Å². The SMILES string of the molecule is CCOc1c(Br)cc(Br)cc1C=Nc1ccc(NC(C)=O)cc1. The van der Waals surface area contributed by atoms with E-state index in [1.165, 1.54) is 6.92 Å². The number of nitrogens with zero attached hydrogens (tertiary/aromatic N) is 1. The molecule has 4 nitrogen and oxygen atoms in total. The minimum atomic E-state index is -0.0957. The molecule has 0 fully saturated rings. The number of benzene rings is 2. The Balaban J connectivity index is 2.24. The van der Waals surface area contributed by atoms with Gasteiger partial charge in [0.25, 0.3) is 0 Å². The molecule has 120 valence electrons. The summed E-state index contributed by atoms with van der Waals surface area (Å²) in [6, 6.07) is 11.2. The van der Waals surface area contributed by atoms with Crippen LogP contribution in [0.1, 0.15) is 19.4 Å². The van der Waals surface area contributed by atoms with Gasteiger partial charge in [0.15, 0.2) is 0 Å². The van der Waals surface area contributed by atoms with Gasteiger partial charge in [0, 0.05) is 28.9 Å². The van der Waals surface area contributed by atoms with Crippen molar-refractivity contribution in [2.45, 2.75) is 13.8 Å².